The molecule has 1 heterocycles. The highest BCUT2D eigenvalue weighted by Gasteiger charge is 1.96. The molecule has 0 aliphatic rings. The molecule has 1 aromatic rings. The molecule has 1 nitrogen and oxygen atoms in total. The maximum absolute atomic E-state index is 4.19. The number of hydrogen-bond acceptors (Lipinski definition) is 1. The predicted molar refractivity (Wildman–Crippen MR) is 47.5 cm³/mol. The minimum absolute atomic E-state index is 0.944. The number of pyridine rings is 1. The van der Waals surface area contributed by atoms with Gasteiger partial charge in [-0.3, -0.25) is 4.98 Å². The number of hydrogen-bond donors (Lipinski definition) is 0. The molecular weight excluding hydrogens is 134 g/mol. The van der Waals surface area contributed by atoms with Crippen LogP contribution >= 0.6 is 0 Å². The smallest absolute Gasteiger partial charge is 0.0407 e. The van der Waals surface area contributed by atoms with E-state index < -0.39 is 0 Å². The molecule has 0 aromatic carbocycles. The fourth-order valence-electron chi connectivity index (χ4n) is 1.03. The van der Waals surface area contributed by atoms with E-state index in [9.17, 15) is 0 Å². The molecular formula is C10H13N. The summed E-state index contributed by atoms with van der Waals surface area (Å²) in [6, 6.07) is 4.06. The van der Waals surface area contributed by atoms with Gasteiger partial charge in [0.15, 0.2) is 0 Å². The minimum Gasteiger partial charge on any atom is -0.261 e. The second-order valence-corrected chi connectivity index (χ2v) is 2.88. The molecule has 11 heavy (non-hydrogen) atoms. The van der Waals surface area contributed by atoms with Gasteiger partial charge in [-0.2, -0.15) is 0 Å². The van der Waals surface area contributed by atoms with Crippen molar-refractivity contribution in [2.24, 2.45) is 0 Å². The van der Waals surface area contributed by atoms with Crippen molar-refractivity contribution < 1.29 is 0 Å². The van der Waals surface area contributed by atoms with Gasteiger partial charge in [-0.25, -0.2) is 0 Å². The van der Waals surface area contributed by atoms with Crippen LogP contribution in [0.15, 0.2) is 30.5 Å². The molecule has 1 heteroatoms. The lowest BCUT2D eigenvalue weighted by Gasteiger charge is -2.02. The summed E-state index contributed by atoms with van der Waals surface area (Å²) in [5.74, 6) is 0. The van der Waals surface area contributed by atoms with Crippen LogP contribution in [0.5, 0.6) is 0 Å². The van der Waals surface area contributed by atoms with Gasteiger partial charge in [-0.1, -0.05) is 18.2 Å². The van der Waals surface area contributed by atoms with Crippen LogP contribution in [0.3, 0.4) is 0 Å². The molecule has 0 aliphatic carbocycles. The SMILES string of the molecule is C=C(C)Cc1cccnc1C. The van der Waals surface area contributed by atoms with E-state index in [1.54, 1.807) is 0 Å². The van der Waals surface area contributed by atoms with Crippen LogP contribution in [0.2, 0.25) is 0 Å². The molecule has 58 valence electrons. The monoisotopic (exact) mass is 147 g/mol. The first-order valence-electron chi connectivity index (χ1n) is 3.75. The Morgan fingerprint density at radius 3 is 2.91 bits per heavy atom. The molecule has 0 aliphatic heterocycles. The van der Waals surface area contributed by atoms with Crippen LogP contribution in [0, 0.1) is 6.92 Å². The van der Waals surface area contributed by atoms with Crippen LogP contribution in [0.4, 0.5) is 0 Å². The first-order chi connectivity index (χ1) is 5.20. The van der Waals surface area contributed by atoms with E-state index in [2.05, 4.69) is 17.6 Å². The zero-order valence-corrected chi connectivity index (χ0v) is 7.09. The van der Waals surface area contributed by atoms with Crippen LogP contribution in [-0.2, 0) is 6.42 Å². The number of nitrogens with zero attached hydrogens (tertiary/aromatic N) is 1. The van der Waals surface area contributed by atoms with Gasteiger partial charge in [0.05, 0.1) is 0 Å². The highest BCUT2D eigenvalue weighted by Crippen LogP contribution is 2.08. The second-order valence-electron chi connectivity index (χ2n) is 2.88. The molecule has 0 spiro atoms. The molecule has 0 saturated heterocycles. The Hall–Kier alpha value is -1.11. The van der Waals surface area contributed by atoms with Crippen molar-refractivity contribution in [2.45, 2.75) is 20.3 Å². The topological polar surface area (TPSA) is 12.9 Å². The molecule has 0 saturated carbocycles. The Kier molecular flexibility index (Phi) is 2.42. The number of aryl methyl sites for hydroxylation is 1. The Morgan fingerprint density at radius 1 is 1.64 bits per heavy atom. The van der Waals surface area contributed by atoms with E-state index in [1.807, 2.05) is 26.1 Å². The summed E-state index contributed by atoms with van der Waals surface area (Å²) < 4.78 is 0. The lowest BCUT2D eigenvalue weighted by Crippen LogP contribution is -1.91. The van der Waals surface area contributed by atoms with Crippen LogP contribution < -0.4 is 0 Å². The van der Waals surface area contributed by atoms with Gasteiger partial charge in [0.25, 0.3) is 0 Å². The van der Waals surface area contributed by atoms with Gasteiger partial charge in [0.1, 0.15) is 0 Å². The van der Waals surface area contributed by atoms with Gasteiger partial charge >= 0.3 is 0 Å². The fraction of sp³-hybridized carbons (Fsp3) is 0.300. The summed E-state index contributed by atoms with van der Waals surface area (Å²) in [5.41, 5.74) is 3.57. The molecule has 1 rings (SSSR count). The average Bonchev–Trinajstić information content (AvgIpc) is 1.93. The Morgan fingerprint density at radius 2 is 2.36 bits per heavy atom. The van der Waals surface area contributed by atoms with Crippen LogP contribution in [-0.4, -0.2) is 4.98 Å². The van der Waals surface area contributed by atoms with Crippen molar-refractivity contribution in [2.75, 3.05) is 0 Å². The summed E-state index contributed by atoms with van der Waals surface area (Å²) in [7, 11) is 0. The van der Waals surface area contributed by atoms with Crippen LogP contribution in [0.25, 0.3) is 0 Å². The maximum atomic E-state index is 4.19. The molecule has 0 N–H and O–H groups in total. The van der Waals surface area contributed by atoms with Crippen molar-refractivity contribution in [1.82, 2.24) is 4.98 Å². The van der Waals surface area contributed by atoms with Gasteiger partial charge in [-0.15, -0.1) is 0 Å². The first kappa shape index (κ1) is 7.99. The summed E-state index contributed by atoms with van der Waals surface area (Å²) in [5, 5.41) is 0. The lowest BCUT2D eigenvalue weighted by molar-refractivity contribution is 1.06. The average molecular weight is 147 g/mol. The molecule has 0 fully saturated rings. The Labute approximate surface area is 67.8 Å². The molecule has 0 bridgehead atoms. The third-order valence-corrected chi connectivity index (χ3v) is 1.61. The zero-order valence-electron chi connectivity index (χ0n) is 7.09. The molecule has 0 unspecified atom stereocenters. The summed E-state index contributed by atoms with van der Waals surface area (Å²) in [6.45, 7) is 7.92. The van der Waals surface area contributed by atoms with Crippen molar-refractivity contribution in [1.29, 1.82) is 0 Å². The van der Waals surface area contributed by atoms with E-state index in [4.69, 9.17) is 0 Å². The zero-order chi connectivity index (χ0) is 8.27. The largest absolute Gasteiger partial charge is 0.261 e. The molecule has 0 amide bonds. The number of aromatic nitrogens is 1. The summed E-state index contributed by atoms with van der Waals surface area (Å²) >= 11 is 0. The highest BCUT2D eigenvalue weighted by atomic mass is 14.7. The predicted octanol–water partition coefficient (Wildman–Crippen LogP) is 2.51. The van der Waals surface area contributed by atoms with E-state index in [0.717, 1.165) is 12.1 Å². The first-order valence-corrected chi connectivity index (χ1v) is 3.75. The number of allylic oxidation sites excluding steroid dienone is 1. The lowest BCUT2D eigenvalue weighted by atomic mass is 10.1. The van der Waals surface area contributed by atoms with Crippen molar-refractivity contribution in [3.05, 3.63) is 41.7 Å². The normalized spacial score (nSPS) is 9.64. The maximum Gasteiger partial charge on any atom is 0.0407 e. The minimum atomic E-state index is 0.944. The van der Waals surface area contributed by atoms with E-state index >= 15 is 0 Å². The Bertz CT molecular complexity index is 263. The van der Waals surface area contributed by atoms with Gasteiger partial charge < -0.3 is 0 Å². The van der Waals surface area contributed by atoms with Crippen LogP contribution in [0.1, 0.15) is 18.2 Å². The van der Waals surface area contributed by atoms with E-state index in [1.165, 1.54) is 11.1 Å². The fourth-order valence-corrected chi connectivity index (χ4v) is 1.03. The molecule has 0 atom stereocenters. The highest BCUT2D eigenvalue weighted by molar-refractivity contribution is 5.22. The van der Waals surface area contributed by atoms with E-state index in [-0.39, 0.29) is 0 Å². The molecule has 0 radical (unpaired) electrons. The quantitative estimate of drug-likeness (QED) is 0.586. The van der Waals surface area contributed by atoms with E-state index in [0.29, 0.717) is 0 Å². The molecule has 1 aromatic heterocycles. The number of rotatable bonds is 2. The van der Waals surface area contributed by atoms with Gasteiger partial charge in [-0.05, 0) is 31.9 Å². The standard InChI is InChI=1S/C10H13N/c1-8(2)7-10-5-4-6-11-9(10)3/h4-6H,1,7H2,2-3H3. The third-order valence-electron chi connectivity index (χ3n) is 1.61. The summed E-state index contributed by atoms with van der Waals surface area (Å²) in [4.78, 5) is 4.19. The van der Waals surface area contributed by atoms with Crippen molar-refractivity contribution in [3.8, 4) is 0 Å². The van der Waals surface area contributed by atoms with Crippen molar-refractivity contribution in [3.63, 3.8) is 0 Å². The van der Waals surface area contributed by atoms with Crippen molar-refractivity contribution >= 4 is 0 Å². The van der Waals surface area contributed by atoms with Gasteiger partial charge in [0.2, 0.25) is 0 Å². The Balaban J connectivity index is 2.86. The van der Waals surface area contributed by atoms with Gasteiger partial charge in [0, 0.05) is 11.9 Å². The summed E-state index contributed by atoms with van der Waals surface area (Å²) in [6.07, 6.45) is 2.76. The third kappa shape index (κ3) is 2.19. The second kappa shape index (κ2) is 3.33.